The molecular formula is C69H102N20O18. The van der Waals surface area contributed by atoms with Crippen LogP contribution in [0.5, 0.6) is 0 Å². The quantitative estimate of drug-likeness (QED) is 0.00751. The lowest BCUT2D eigenvalue weighted by atomic mass is 9.70. The molecule has 1 aliphatic heterocycles. The van der Waals surface area contributed by atoms with Gasteiger partial charge in [0.1, 0.15) is 42.3 Å². The van der Waals surface area contributed by atoms with E-state index in [1.165, 1.54) is 17.5 Å². The van der Waals surface area contributed by atoms with Crippen molar-refractivity contribution in [2.45, 2.75) is 151 Å². The van der Waals surface area contributed by atoms with Crippen LogP contribution in [-0.4, -0.2) is 222 Å². The number of methoxy groups -OCH3 is 2. The number of imidazole rings is 1. The summed E-state index contributed by atoms with van der Waals surface area (Å²) in [5.41, 5.74) is 26.6. The number of aliphatic carboxylic acids is 1. The number of allylic oxidation sites excluding steroid dienone is 3. The number of carbonyl (C=O) groups excluding carboxylic acids is 12. The molecule has 1 saturated heterocycles. The van der Waals surface area contributed by atoms with Gasteiger partial charge in [0.05, 0.1) is 53.1 Å². The standard InChI is InChI=1S/C69H102N20O18/c1-39(58(96)87-86-49(16-9-25-78-69(73)74)61(99)79-36-56(93)81-52(34-57(94)95)67(105)107-3)45-30-42(31-45)29-44(59(97)76-26-28-90)13-7-14-47(43-22-20-41(21-23-43)19-18-40-11-5-4-6-12-40)60(98)88-89-27-10-17-54(89)65(103)83-50(32-46-35-75-38-80-46)63(101)85-53(37-91)64(102)82-48(15-8-24-77-68(71)72)62(100)84-51(33-55(70)92)66(104)106-2/h4-6,11-12,14,18-19,29,35,38,41-43,45,48-54,86,90-91H,1,7-10,13,15-17,20-28,30-34,36-37H2,2-3H3,(H2,70,92)(H,75,80)(H,76,97)(H,79,99)(H,81,93)(H,82,102)(H,83,103)(H,84,100)(H,85,101)(H,87,96)(H,88,98)(H,94,95)(H4,71,72,77)(H4,73,74,78)/b19-18?,44-29-,47-14+/t41?,42?,43?,45?,48-,49-,50-,51?,52-,53?,54-/m0/s1. The van der Waals surface area contributed by atoms with Crippen molar-refractivity contribution in [2.75, 3.05) is 60.2 Å². The van der Waals surface area contributed by atoms with E-state index in [1.807, 2.05) is 30.3 Å². The second kappa shape index (κ2) is 45.3. The first kappa shape index (κ1) is 86.5. The van der Waals surface area contributed by atoms with Crippen LogP contribution in [-0.2, 0) is 78.2 Å². The number of primary amides is 1. The van der Waals surface area contributed by atoms with Crippen LogP contribution in [0.15, 0.2) is 84.4 Å². The highest BCUT2D eigenvalue weighted by Crippen LogP contribution is 2.40. The fourth-order valence-electron chi connectivity index (χ4n) is 12.3. The summed E-state index contributed by atoms with van der Waals surface area (Å²) in [4.78, 5) is 179. The van der Waals surface area contributed by atoms with E-state index in [0.29, 0.717) is 48.9 Å². The monoisotopic (exact) mass is 1500 g/mol. The van der Waals surface area contributed by atoms with E-state index in [1.54, 1.807) is 12.2 Å². The number of guanidine groups is 2. The van der Waals surface area contributed by atoms with Gasteiger partial charge in [0.25, 0.3) is 11.8 Å². The molecule has 586 valence electrons. The summed E-state index contributed by atoms with van der Waals surface area (Å²) in [7, 11) is 2.03. The third kappa shape index (κ3) is 30.1. The molecule has 1 aromatic carbocycles. The predicted octanol–water partition coefficient (Wildman–Crippen LogP) is -3.96. The molecule has 5 rings (SSSR count). The van der Waals surface area contributed by atoms with Crippen molar-refractivity contribution in [2.24, 2.45) is 40.9 Å². The summed E-state index contributed by atoms with van der Waals surface area (Å²) in [5, 5.41) is 68.2. The lowest BCUT2D eigenvalue weighted by molar-refractivity contribution is -0.149. The molecule has 7 atom stereocenters. The Hall–Kier alpha value is -11.1. The van der Waals surface area contributed by atoms with Crippen molar-refractivity contribution >= 4 is 95.0 Å². The number of benzene rings is 1. The van der Waals surface area contributed by atoms with E-state index in [0.717, 1.165) is 32.6 Å². The number of hydrazine groups is 2. The first-order chi connectivity index (χ1) is 51.1. The van der Waals surface area contributed by atoms with Crippen molar-refractivity contribution in [3.63, 3.8) is 0 Å². The van der Waals surface area contributed by atoms with Crippen LogP contribution < -0.4 is 81.3 Å². The lowest BCUT2D eigenvalue weighted by Crippen LogP contribution is -2.60. The SMILES string of the molecule is C=C(C(=O)NN[C@@H](CCCNC(=N)N)C(=O)NCC(=O)N[C@@H](CC(=O)O)C(=O)OC)C1CC(/C=C(/CC/C=C(/C(=O)NN2CCC[C@H]2C(=O)N[C@@H](Cc2cnc[nH]2)C(=O)NC(CO)C(=O)N[C@@H](CCCNC(=N)N)C(=O)NC(CC(N)=O)C(=O)OC)C2CCC(C=Cc3ccccc3)CC2)C(=O)NCCO)C1. The Morgan fingerprint density at radius 1 is 0.692 bits per heavy atom. The highest BCUT2D eigenvalue weighted by Gasteiger charge is 2.39. The fraction of sp³-hybridized carbons (Fsp3) is 0.536. The molecule has 3 aliphatic rings. The number of carbonyl (C=O) groups is 13. The molecular weight excluding hydrogens is 1400 g/mol. The van der Waals surface area contributed by atoms with E-state index < -0.39 is 145 Å². The Kier molecular flexibility index (Phi) is 36.6. The average Bonchev–Trinajstić information content (AvgIpc) is 1.78. The normalized spacial score (nSPS) is 18.8. The zero-order valence-corrected chi connectivity index (χ0v) is 60.0. The summed E-state index contributed by atoms with van der Waals surface area (Å²) < 4.78 is 9.26. The number of nitrogens with zero attached hydrogens (tertiary/aromatic N) is 2. The number of nitrogens with one attached hydrogen (secondary N) is 15. The number of amides is 10. The van der Waals surface area contributed by atoms with E-state index in [-0.39, 0.29) is 125 Å². The van der Waals surface area contributed by atoms with Gasteiger partial charge in [-0.15, -0.1) is 0 Å². The van der Waals surface area contributed by atoms with Gasteiger partial charge in [0.2, 0.25) is 47.3 Å². The van der Waals surface area contributed by atoms with Gasteiger partial charge in [0, 0.05) is 61.2 Å². The number of aliphatic hydroxyl groups excluding tert-OH is 2. The van der Waals surface area contributed by atoms with Crippen LogP contribution in [0.3, 0.4) is 0 Å². The molecule has 2 heterocycles. The first-order valence-corrected chi connectivity index (χ1v) is 35.2. The smallest absolute Gasteiger partial charge is 0.328 e. The van der Waals surface area contributed by atoms with Gasteiger partial charge in [-0.1, -0.05) is 61.2 Å². The van der Waals surface area contributed by atoms with E-state index in [2.05, 4.69) is 97.6 Å². The second-order valence-electron chi connectivity index (χ2n) is 26.0. The first-order valence-electron chi connectivity index (χ1n) is 35.2. The predicted molar refractivity (Wildman–Crippen MR) is 385 cm³/mol. The maximum atomic E-state index is 14.9. The number of rotatable bonds is 45. The number of carboxylic acids is 1. The number of hydrogen-bond acceptors (Lipinski definition) is 22. The number of aromatic amines is 1. The minimum atomic E-state index is -1.74. The zero-order valence-electron chi connectivity index (χ0n) is 60.0. The van der Waals surface area contributed by atoms with Gasteiger partial charge in [-0.2, -0.15) is 0 Å². The fourth-order valence-corrected chi connectivity index (χ4v) is 12.3. The highest BCUT2D eigenvalue weighted by molar-refractivity contribution is 5.98. The molecule has 2 aromatic rings. The molecule has 2 aliphatic carbocycles. The summed E-state index contributed by atoms with van der Waals surface area (Å²) >= 11 is 0. The van der Waals surface area contributed by atoms with Crippen molar-refractivity contribution in [3.05, 3.63) is 95.6 Å². The highest BCUT2D eigenvalue weighted by atomic mass is 16.5. The molecule has 1 aromatic heterocycles. The van der Waals surface area contributed by atoms with E-state index >= 15 is 0 Å². The Morgan fingerprint density at radius 2 is 1.31 bits per heavy atom. The Labute approximate surface area is 617 Å². The van der Waals surface area contributed by atoms with Crippen LogP contribution in [0, 0.1) is 34.5 Å². The second-order valence-corrected chi connectivity index (χ2v) is 26.0. The zero-order chi connectivity index (χ0) is 78.5. The minimum absolute atomic E-state index is 0.0459. The van der Waals surface area contributed by atoms with Crippen molar-refractivity contribution in [1.29, 1.82) is 10.8 Å². The number of ether oxygens (including phenoxy) is 2. The molecule has 10 amide bonds. The topological polar surface area (TPSA) is 603 Å². The molecule has 0 bridgehead atoms. The summed E-state index contributed by atoms with van der Waals surface area (Å²) in [5.74, 6) is -12.7. The number of carboxylic acid groups (broad SMARTS) is 1. The number of esters is 2. The van der Waals surface area contributed by atoms with Gasteiger partial charge in [-0.05, 0) is 119 Å². The molecule has 0 spiro atoms. The van der Waals surface area contributed by atoms with Crippen molar-refractivity contribution in [1.82, 2.24) is 79.1 Å². The van der Waals surface area contributed by atoms with Gasteiger partial charge < -0.3 is 94.8 Å². The van der Waals surface area contributed by atoms with E-state index in [4.69, 9.17) is 32.8 Å². The molecule has 2 saturated carbocycles. The lowest BCUT2D eigenvalue weighted by Gasteiger charge is -2.35. The average molecular weight is 1500 g/mol. The van der Waals surface area contributed by atoms with Crippen molar-refractivity contribution in [3.8, 4) is 0 Å². The maximum Gasteiger partial charge on any atom is 0.328 e. The largest absolute Gasteiger partial charge is 0.481 e. The maximum absolute atomic E-state index is 14.9. The molecule has 2 unspecified atom stereocenters. The Morgan fingerprint density at radius 3 is 1.91 bits per heavy atom. The Bertz CT molecular complexity index is 3520. The van der Waals surface area contributed by atoms with Crippen molar-refractivity contribution < 1.29 is 87.1 Å². The number of H-pyrrole nitrogens is 1. The van der Waals surface area contributed by atoms with Gasteiger partial charge in [-0.3, -0.25) is 74.4 Å². The molecule has 3 fully saturated rings. The van der Waals surface area contributed by atoms with Crippen LogP contribution in [0.1, 0.15) is 114 Å². The van der Waals surface area contributed by atoms with Gasteiger partial charge >= 0.3 is 17.9 Å². The third-order valence-corrected chi connectivity index (χ3v) is 18.0. The molecule has 24 N–H and O–H groups in total. The molecule has 38 heteroatoms. The third-order valence-electron chi connectivity index (χ3n) is 18.0. The number of aromatic nitrogens is 2. The molecule has 107 heavy (non-hydrogen) atoms. The van der Waals surface area contributed by atoms with Crippen LogP contribution in [0.25, 0.3) is 6.08 Å². The summed E-state index contributed by atoms with van der Waals surface area (Å²) in [6.07, 6.45) is 13.6. The van der Waals surface area contributed by atoms with Gasteiger partial charge in [-0.25, -0.2) is 25.0 Å². The van der Waals surface area contributed by atoms with E-state index in [9.17, 15) is 77.6 Å². The number of nitrogens with two attached hydrogens (primary N) is 3. The van der Waals surface area contributed by atoms with Crippen LogP contribution >= 0.6 is 0 Å². The number of aliphatic hydroxyl groups is 2. The van der Waals surface area contributed by atoms with Gasteiger partial charge in [0.15, 0.2) is 11.9 Å². The van der Waals surface area contributed by atoms with Crippen LogP contribution in [0.2, 0.25) is 0 Å². The minimum Gasteiger partial charge on any atom is -0.481 e. The Balaban J connectivity index is 1.31. The summed E-state index contributed by atoms with van der Waals surface area (Å²) in [6, 6.07) is -0.0814. The molecule has 0 radical (unpaired) electrons. The molecule has 38 nitrogen and oxygen atoms in total. The summed E-state index contributed by atoms with van der Waals surface area (Å²) in [6.45, 7) is 2.35. The van der Waals surface area contributed by atoms with Crippen LogP contribution in [0.4, 0.5) is 0 Å². The number of hydrogen-bond donors (Lipinski definition) is 21.